The highest BCUT2D eigenvalue weighted by Crippen LogP contribution is 2.32. The number of hydrogen-bond donors (Lipinski definition) is 1. The van der Waals surface area contributed by atoms with Gasteiger partial charge in [-0.3, -0.25) is 0 Å². The Labute approximate surface area is 79.1 Å². The van der Waals surface area contributed by atoms with Gasteiger partial charge < -0.3 is 5.32 Å². The molecular formula is C9H9BrFN. The number of fused-ring (bicyclic) bond motifs is 1. The monoisotopic (exact) mass is 229 g/mol. The van der Waals surface area contributed by atoms with Gasteiger partial charge in [0.25, 0.3) is 0 Å². The SMILES string of the molecule is Cc1c(F)c(Br)cc2c1NCC2. The highest BCUT2D eigenvalue weighted by Gasteiger charge is 2.17. The summed E-state index contributed by atoms with van der Waals surface area (Å²) in [6.45, 7) is 2.73. The Morgan fingerprint density at radius 1 is 1.58 bits per heavy atom. The molecule has 0 atom stereocenters. The summed E-state index contributed by atoms with van der Waals surface area (Å²) >= 11 is 3.20. The molecule has 0 amide bonds. The van der Waals surface area contributed by atoms with Crippen LogP contribution in [0.2, 0.25) is 0 Å². The number of benzene rings is 1. The molecule has 2 rings (SSSR count). The number of nitrogens with one attached hydrogen (secondary N) is 1. The largest absolute Gasteiger partial charge is 0.384 e. The quantitative estimate of drug-likeness (QED) is 0.722. The van der Waals surface area contributed by atoms with Crippen LogP contribution in [-0.2, 0) is 6.42 Å². The van der Waals surface area contributed by atoms with Crippen molar-refractivity contribution >= 4 is 21.6 Å². The minimum Gasteiger partial charge on any atom is -0.384 e. The van der Waals surface area contributed by atoms with E-state index in [0.29, 0.717) is 4.47 Å². The van der Waals surface area contributed by atoms with Crippen LogP contribution < -0.4 is 5.32 Å². The minimum atomic E-state index is -0.150. The Morgan fingerprint density at radius 2 is 2.33 bits per heavy atom. The van der Waals surface area contributed by atoms with Gasteiger partial charge in [0.1, 0.15) is 5.82 Å². The average molecular weight is 230 g/mol. The maximum atomic E-state index is 13.3. The van der Waals surface area contributed by atoms with Gasteiger partial charge in [0, 0.05) is 17.8 Å². The molecule has 0 unspecified atom stereocenters. The average Bonchev–Trinajstić information content (AvgIpc) is 2.48. The topological polar surface area (TPSA) is 12.0 Å². The zero-order chi connectivity index (χ0) is 8.72. The molecule has 1 nitrogen and oxygen atoms in total. The van der Waals surface area contributed by atoms with Crippen molar-refractivity contribution in [3.63, 3.8) is 0 Å². The van der Waals surface area contributed by atoms with Crippen molar-refractivity contribution in [1.29, 1.82) is 0 Å². The van der Waals surface area contributed by atoms with Gasteiger partial charge in [-0.15, -0.1) is 0 Å². The van der Waals surface area contributed by atoms with Crippen LogP contribution in [-0.4, -0.2) is 6.54 Å². The fourth-order valence-corrected chi connectivity index (χ4v) is 2.16. The minimum absolute atomic E-state index is 0.150. The van der Waals surface area contributed by atoms with E-state index in [2.05, 4.69) is 21.2 Å². The molecule has 0 radical (unpaired) electrons. The lowest BCUT2D eigenvalue weighted by molar-refractivity contribution is 0.612. The van der Waals surface area contributed by atoms with Gasteiger partial charge in [0.2, 0.25) is 0 Å². The first kappa shape index (κ1) is 8.05. The second-order valence-corrected chi connectivity index (χ2v) is 3.86. The van der Waals surface area contributed by atoms with Crippen molar-refractivity contribution in [3.8, 4) is 0 Å². The molecule has 1 aliphatic rings. The first-order valence-corrected chi connectivity index (χ1v) is 4.71. The molecule has 12 heavy (non-hydrogen) atoms. The summed E-state index contributed by atoms with van der Waals surface area (Å²) in [4.78, 5) is 0. The normalized spacial score (nSPS) is 14.2. The van der Waals surface area contributed by atoms with Crippen LogP contribution in [0.15, 0.2) is 10.5 Å². The van der Waals surface area contributed by atoms with Crippen LogP contribution in [0, 0.1) is 12.7 Å². The Balaban J connectivity index is 2.67. The summed E-state index contributed by atoms with van der Waals surface area (Å²) in [7, 11) is 0. The first-order chi connectivity index (χ1) is 5.70. The summed E-state index contributed by atoms with van der Waals surface area (Å²) in [5.74, 6) is -0.150. The Bertz CT molecular complexity index is 336. The summed E-state index contributed by atoms with van der Waals surface area (Å²) in [6, 6.07) is 1.86. The molecule has 1 heterocycles. The summed E-state index contributed by atoms with van der Waals surface area (Å²) in [5, 5.41) is 3.18. The van der Waals surface area contributed by atoms with Gasteiger partial charge in [0.05, 0.1) is 4.47 Å². The zero-order valence-electron chi connectivity index (χ0n) is 6.75. The van der Waals surface area contributed by atoms with Crippen molar-refractivity contribution < 1.29 is 4.39 Å². The lowest BCUT2D eigenvalue weighted by Gasteiger charge is -2.06. The van der Waals surface area contributed by atoms with E-state index in [0.717, 1.165) is 24.2 Å². The maximum Gasteiger partial charge on any atom is 0.142 e. The van der Waals surface area contributed by atoms with Crippen LogP contribution in [0.3, 0.4) is 0 Å². The maximum absolute atomic E-state index is 13.3. The van der Waals surface area contributed by atoms with E-state index < -0.39 is 0 Å². The third-order valence-corrected chi connectivity index (χ3v) is 2.81. The Hall–Kier alpha value is -0.570. The molecule has 1 aromatic rings. The molecule has 0 saturated carbocycles. The van der Waals surface area contributed by atoms with Crippen molar-refractivity contribution in [2.45, 2.75) is 13.3 Å². The molecule has 0 aliphatic carbocycles. The predicted octanol–water partition coefficient (Wildman–Crippen LogP) is 2.86. The van der Waals surface area contributed by atoms with Gasteiger partial charge >= 0.3 is 0 Å². The van der Waals surface area contributed by atoms with Gasteiger partial charge in [-0.25, -0.2) is 4.39 Å². The predicted molar refractivity (Wildman–Crippen MR) is 51.0 cm³/mol. The summed E-state index contributed by atoms with van der Waals surface area (Å²) < 4.78 is 13.9. The van der Waals surface area contributed by atoms with E-state index >= 15 is 0 Å². The van der Waals surface area contributed by atoms with E-state index in [4.69, 9.17) is 0 Å². The second kappa shape index (κ2) is 2.73. The standard InChI is InChI=1S/C9H9BrFN/c1-5-8(11)7(10)4-6-2-3-12-9(5)6/h4,12H,2-3H2,1H3. The molecule has 1 aliphatic heterocycles. The Kier molecular flexibility index (Phi) is 1.83. The van der Waals surface area contributed by atoms with Crippen LogP contribution in [0.25, 0.3) is 0 Å². The number of hydrogen-bond acceptors (Lipinski definition) is 1. The highest BCUT2D eigenvalue weighted by molar-refractivity contribution is 9.10. The van der Waals surface area contributed by atoms with Gasteiger partial charge in [-0.2, -0.15) is 0 Å². The molecule has 0 spiro atoms. The summed E-state index contributed by atoms with van der Waals surface area (Å²) in [6.07, 6.45) is 0.995. The van der Waals surface area contributed by atoms with Crippen molar-refractivity contribution in [2.24, 2.45) is 0 Å². The molecule has 3 heteroatoms. The molecule has 0 bridgehead atoms. The fourth-order valence-electron chi connectivity index (χ4n) is 1.58. The third kappa shape index (κ3) is 1.04. The lowest BCUT2D eigenvalue weighted by Crippen LogP contribution is -1.95. The Morgan fingerprint density at radius 3 is 3.08 bits per heavy atom. The van der Waals surface area contributed by atoms with Gasteiger partial charge in [-0.1, -0.05) is 0 Å². The van der Waals surface area contributed by atoms with Crippen molar-refractivity contribution in [1.82, 2.24) is 0 Å². The van der Waals surface area contributed by atoms with Crippen molar-refractivity contribution in [3.05, 3.63) is 27.5 Å². The van der Waals surface area contributed by atoms with E-state index in [-0.39, 0.29) is 5.82 Å². The number of anilines is 1. The molecule has 1 N–H and O–H groups in total. The van der Waals surface area contributed by atoms with E-state index in [1.165, 1.54) is 5.56 Å². The van der Waals surface area contributed by atoms with Crippen LogP contribution in [0.5, 0.6) is 0 Å². The molecule has 0 saturated heterocycles. The number of rotatable bonds is 0. The van der Waals surface area contributed by atoms with Gasteiger partial charge in [-0.05, 0) is 40.9 Å². The summed E-state index contributed by atoms with van der Waals surface area (Å²) in [5.41, 5.74) is 2.91. The van der Waals surface area contributed by atoms with E-state index in [1.807, 2.05) is 6.07 Å². The highest BCUT2D eigenvalue weighted by atomic mass is 79.9. The van der Waals surface area contributed by atoms with Crippen molar-refractivity contribution in [2.75, 3.05) is 11.9 Å². The third-order valence-electron chi connectivity index (χ3n) is 2.23. The fraction of sp³-hybridized carbons (Fsp3) is 0.333. The van der Waals surface area contributed by atoms with Crippen LogP contribution in [0.4, 0.5) is 10.1 Å². The second-order valence-electron chi connectivity index (χ2n) is 3.01. The lowest BCUT2D eigenvalue weighted by atomic mass is 10.1. The molecule has 0 aromatic heterocycles. The van der Waals surface area contributed by atoms with Gasteiger partial charge in [0.15, 0.2) is 0 Å². The van der Waals surface area contributed by atoms with E-state index in [1.54, 1.807) is 6.92 Å². The molecule has 1 aromatic carbocycles. The molecule has 0 fully saturated rings. The first-order valence-electron chi connectivity index (χ1n) is 3.91. The van der Waals surface area contributed by atoms with Crippen LogP contribution in [0.1, 0.15) is 11.1 Å². The zero-order valence-corrected chi connectivity index (χ0v) is 8.33. The molecular weight excluding hydrogens is 221 g/mol. The van der Waals surface area contributed by atoms with E-state index in [9.17, 15) is 4.39 Å². The smallest absolute Gasteiger partial charge is 0.142 e. The van der Waals surface area contributed by atoms with Crippen LogP contribution >= 0.6 is 15.9 Å². The number of halogens is 2. The molecule has 64 valence electrons.